The van der Waals surface area contributed by atoms with E-state index in [1.165, 1.54) is 57.8 Å². The lowest BCUT2D eigenvalue weighted by atomic mass is 9.44. The number of unbranched alkanes of at least 4 members (excludes halogenated alkanes) is 1. The molecule has 4 aliphatic carbocycles. The Hall–Kier alpha value is -0.590. The average Bonchev–Trinajstić information content (AvgIpc) is 2.65. The van der Waals surface area contributed by atoms with Gasteiger partial charge in [-0.25, -0.2) is 0 Å². The summed E-state index contributed by atoms with van der Waals surface area (Å²) in [7, 11) is 0. The highest BCUT2D eigenvalue weighted by Crippen LogP contribution is 2.65. The van der Waals surface area contributed by atoms with Crippen LogP contribution >= 0.6 is 0 Å². The Bertz CT molecular complexity index is 603. The number of fused-ring (bicyclic) bond motifs is 5. The second-order valence-electron chi connectivity index (χ2n) is 11.2. The number of hydrogen-bond donors (Lipinski definition) is 0. The van der Waals surface area contributed by atoms with Crippen LogP contribution in [0.5, 0.6) is 0 Å². The topological polar surface area (TPSA) is 17.1 Å². The quantitative estimate of drug-likeness (QED) is 0.473. The summed E-state index contributed by atoms with van der Waals surface area (Å²) in [4.78, 5) is 12.1. The lowest BCUT2D eigenvalue weighted by molar-refractivity contribution is -0.127. The number of hydrogen-bond acceptors (Lipinski definition) is 1. The van der Waals surface area contributed by atoms with Crippen molar-refractivity contribution in [2.75, 3.05) is 0 Å². The van der Waals surface area contributed by atoms with Gasteiger partial charge in [0.25, 0.3) is 0 Å². The molecule has 7 unspecified atom stereocenters. The molecule has 1 heteroatoms. The van der Waals surface area contributed by atoms with Crippen LogP contribution in [0.2, 0.25) is 0 Å². The molecule has 0 aromatic heterocycles. The largest absolute Gasteiger partial charge is 0.300 e. The normalized spacial score (nSPS) is 45.3. The first-order valence-corrected chi connectivity index (χ1v) is 12.1. The van der Waals surface area contributed by atoms with Gasteiger partial charge < -0.3 is 0 Å². The van der Waals surface area contributed by atoms with Crippen LogP contribution in [0.4, 0.5) is 0 Å². The van der Waals surface area contributed by atoms with Crippen LogP contribution in [0.25, 0.3) is 0 Å². The fraction of sp³-hybridized carbons (Fsp3) is 0.885. The number of ketones is 1. The SMILES string of the molecule is CCCCC(C)C1CCCC2C3=CCC4CC(=O)CCC4(C)C3CCC21C. The minimum atomic E-state index is 0.403. The van der Waals surface area contributed by atoms with E-state index in [4.69, 9.17) is 0 Å². The molecule has 7 atom stereocenters. The summed E-state index contributed by atoms with van der Waals surface area (Å²) in [5.74, 6) is 4.55. The van der Waals surface area contributed by atoms with Crippen LogP contribution < -0.4 is 0 Å². The smallest absolute Gasteiger partial charge is 0.133 e. The molecule has 152 valence electrons. The molecule has 0 aromatic carbocycles. The maximum absolute atomic E-state index is 12.1. The zero-order valence-electron chi connectivity index (χ0n) is 18.4. The van der Waals surface area contributed by atoms with Crippen LogP contribution in [0.3, 0.4) is 0 Å². The highest BCUT2D eigenvalue weighted by atomic mass is 16.1. The first kappa shape index (κ1) is 19.7. The van der Waals surface area contributed by atoms with Crippen molar-refractivity contribution in [3.8, 4) is 0 Å². The van der Waals surface area contributed by atoms with Crippen molar-refractivity contribution in [1.29, 1.82) is 0 Å². The van der Waals surface area contributed by atoms with Crippen LogP contribution in [0.1, 0.15) is 105 Å². The van der Waals surface area contributed by atoms with Gasteiger partial charge in [0.1, 0.15) is 5.78 Å². The molecule has 0 spiro atoms. The summed E-state index contributed by atoms with van der Waals surface area (Å²) >= 11 is 0. The monoisotopic (exact) mass is 370 g/mol. The van der Waals surface area contributed by atoms with Gasteiger partial charge >= 0.3 is 0 Å². The van der Waals surface area contributed by atoms with E-state index in [1.54, 1.807) is 0 Å². The van der Waals surface area contributed by atoms with Crippen LogP contribution in [-0.4, -0.2) is 5.78 Å². The Labute approximate surface area is 167 Å². The number of carbonyl (C=O) groups excluding carboxylic acids is 1. The zero-order chi connectivity index (χ0) is 19.2. The van der Waals surface area contributed by atoms with Gasteiger partial charge in [-0.3, -0.25) is 4.79 Å². The summed E-state index contributed by atoms with van der Waals surface area (Å²) in [6.07, 6.45) is 18.0. The number of allylic oxidation sites excluding steroid dienone is 2. The first-order valence-electron chi connectivity index (χ1n) is 12.1. The molecule has 4 aliphatic rings. The Balaban J connectivity index is 1.60. The van der Waals surface area contributed by atoms with E-state index in [0.29, 0.717) is 22.5 Å². The van der Waals surface area contributed by atoms with Gasteiger partial charge in [-0.1, -0.05) is 65.0 Å². The molecule has 0 amide bonds. The fourth-order valence-corrected chi connectivity index (χ4v) is 8.20. The Morgan fingerprint density at radius 1 is 1.11 bits per heavy atom. The van der Waals surface area contributed by atoms with Gasteiger partial charge in [-0.15, -0.1) is 0 Å². The van der Waals surface area contributed by atoms with Crippen molar-refractivity contribution < 1.29 is 4.79 Å². The summed E-state index contributed by atoms with van der Waals surface area (Å²) in [6, 6.07) is 0. The zero-order valence-corrected chi connectivity index (χ0v) is 18.4. The van der Waals surface area contributed by atoms with Gasteiger partial charge in [0, 0.05) is 12.8 Å². The molecule has 0 aromatic rings. The Morgan fingerprint density at radius 3 is 2.67 bits per heavy atom. The lowest BCUT2D eigenvalue weighted by Gasteiger charge is -2.61. The van der Waals surface area contributed by atoms with Gasteiger partial charge in [-0.05, 0) is 78.9 Å². The Morgan fingerprint density at radius 2 is 1.89 bits per heavy atom. The first-order chi connectivity index (χ1) is 12.9. The minimum absolute atomic E-state index is 0.403. The average molecular weight is 371 g/mol. The summed E-state index contributed by atoms with van der Waals surface area (Å²) < 4.78 is 0. The van der Waals surface area contributed by atoms with E-state index >= 15 is 0 Å². The molecule has 27 heavy (non-hydrogen) atoms. The highest BCUT2D eigenvalue weighted by molar-refractivity contribution is 5.79. The summed E-state index contributed by atoms with van der Waals surface area (Å²) in [5.41, 5.74) is 2.78. The van der Waals surface area contributed by atoms with E-state index in [0.717, 1.165) is 42.9 Å². The molecule has 3 saturated carbocycles. The molecule has 3 fully saturated rings. The molecular formula is C26H42O. The fourth-order valence-electron chi connectivity index (χ4n) is 8.20. The number of Topliss-reactive ketones (excluding diaryl/α,β-unsaturated/α-hetero) is 1. The van der Waals surface area contributed by atoms with Crippen LogP contribution in [-0.2, 0) is 4.79 Å². The lowest BCUT2D eigenvalue weighted by Crippen LogP contribution is -2.52. The summed E-state index contributed by atoms with van der Waals surface area (Å²) in [5, 5.41) is 0. The standard InChI is InChI=1S/C26H42O/c1-5-6-8-18(2)22-9-7-10-23-21-12-11-19-17-20(27)13-15-25(19,3)24(21)14-16-26(22,23)4/h12,18-19,22-24H,5-11,13-17H2,1-4H3. The molecule has 0 saturated heterocycles. The Kier molecular flexibility index (Phi) is 5.36. The van der Waals surface area contributed by atoms with E-state index in [-0.39, 0.29) is 0 Å². The van der Waals surface area contributed by atoms with Crippen molar-refractivity contribution in [1.82, 2.24) is 0 Å². The molecule has 0 radical (unpaired) electrons. The van der Waals surface area contributed by atoms with E-state index in [9.17, 15) is 4.79 Å². The number of rotatable bonds is 4. The third-order valence-corrected chi connectivity index (χ3v) is 9.91. The van der Waals surface area contributed by atoms with Gasteiger partial charge in [0.05, 0.1) is 0 Å². The number of carbonyl (C=O) groups is 1. The maximum Gasteiger partial charge on any atom is 0.133 e. The highest BCUT2D eigenvalue weighted by Gasteiger charge is 2.56. The molecule has 0 heterocycles. The van der Waals surface area contributed by atoms with Crippen molar-refractivity contribution in [2.24, 2.45) is 40.4 Å². The predicted octanol–water partition coefficient (Wildman–Crippen LogP) is 7.35. The molecule has 0 aliphatic heterocycles. The minimum Gasteiger partial charge on any atom is -0.300 e. The van der Waals surface area contributed by atoms with Crippen molar-refractivity contribution >= 4 is 5.78 Å². The predicted molar refractivity (Wildman–Crippen MR) is 114 cm³/mol. The van der Waals surface area contributed by atoms with Gasteiger partial charge in [0.2, 0.25) is 0 Å². The van der Waals surface area contributed by atoms with E-state index < -0.39 is 0 Å². The molecule has 0 N–H and O–H groups in total. The third-order valence-electron chi connectivity index (χ3n) is 9.91. The summed E-state index contributed by atoms with van der Waals surface area (Å²) in [6.45, 7) is 10.1. The molecule has 0 bridgehead atoms. The van der Waals surface area contributed by atoms with Crippen LogP contribution in [0, 0.1) is 40.4 Å². The van der Waals surface area contributed by atoms with Gasteiger partial charge in [0.15, 0.2) is 0 Å². The maximum atomic E-state index is 12.1. The van der Waals surface area contributed by atoms with Gasteiger partial charge in [-0.2, -0.15) is 0 Å². The second-order valence-corrected chi connectivity index (χ2v) is 11.2. The van der Waals surface area contributed by atoms with Crippen molar-refractivity contribution in [2.45, 2.75) is 105 Å². The van der Waals surface area contributed by atoms with Crippen molar-refractivity contribution in [3.63, 3.8) is 0 Å². The second kappa shape index (κ2) is 7.34. The van der Waals surface area contributed by atoms with Crippen molar-refractivity contribution in [3.05, 3.63) is 11.6 Å². The molecule has 1 nitrogen and oxygen atoms in total. The van der Waals surface area contributed by atoms with E-state index in [1.807, 2.05) is 5.57 Å². The van der Waals surface area contributed by atoms with E-state index in [2.05, 4.69) is 33.8 Å². The molecular weight excluding hydrogens is 328 g/mol. The molecule has 4 rings (SSSR count). The van der Waals surface area contributed by atoms with Crippen LogP contribution in [0.15, 0.2) is 11.6 Å². The third kappa shape index (κ3) is 3.16.